The van der Waals surface area contributed by atoms with Crippen LogP contribution in [0.2, 0.25) is 0 Å². The van der Waals surface area contributed by atoms with E-state index in [1.165, 1.54) is 7.11 Å². The summed E-state index contributed by atoms with van der Waals surface area (Å²) in [5.41, 5.74) is -0.577. The van der Waals surface area contributed by atoms with Gasteiger partial charge in [0, 0.05) is 12.4 Å². The molecule has 86 valence electrons. The number of carbonyl (C=O) groups is 2. The molecule has 1 amide bonds. The Morgan fingerprint density at radius 2 is 2.31 bits per heavy atom. The van der Waals surface area contributed by atoms with Gasteiger partial charge in [-0.3, -0.25) is 9.59 Å². The first-order valence-electron chi connectivity index (χ1n) is 4.79. The number of hydrogen-bond acceptors (Lipinski definition) is 4. The maximum atomic E-state index is 11.9. The molecule has 1 aliphatic rings. The molecule has 1 aliphatic heterocycles. The van der Waals surface area contributed by atoms with Crippen molar-refractivity contribution in [1.82, 2.24) is 4.98 Å². The normalized spacial score (nSPS) is 17.3. The maximum Gasteiger partial charge on any atom is 0.326 e. The largest absolute Gasteiger partial charge is 0.468 e. The minimum Gasteiger partial charge on any atom is -0.468 e. The molecule has 0 spiro atoms. The lowest BCUT2D eigenvalue weighted by molar-refractivity contribution is -0.185. The first-order chi connectivity index (χ1) is 7.69. The highest BCUT2D eigenvalue weighted by Crippen LogP contribution is 2.30. The van der Waals surface area contributed by atoms with E-state index in [0.29, 0.717) is 5.69 Å². The minimum atomic E-state index is -1.19. The van der Waals surface area contributed by atoms with Gasteiger partial charge >= 0.3 is 5.97 Å². The summed E-state index contributed by atoms with van der Waals surface area (Å²) in [6, 6.07) is 1.70. The molecule has 0 aromatic carbocycles. The zero-order valence-electron chi connectivity index (χ0n) is 8.78. The molecule has 1 fully saturated rings. The number of methoxy groups -OCH3 is 1. The number of hydrogen-bond donors (Lipinski definition) is 2. The molecule has 0 aliphatic carbocycles. The van der Waals surface area contributed by atoms with Crippen molar-refractivity contribution in [3.63, 3.8) is 0 Å². The fourth-order valence-corrected chi connectivity index (χ4v) is 1.50. The minimum absolute atomic E-state index is 0.0654. The number of rotatable bonds is 3. The van der Waals surface area contributed by atoms with Gasteiger partial charge in [0.15, 0.2) is 5.41 Å². The van der Waals surface area contributed by atoms with Gasteiger partial charge < -0.3 is 19.8 Å². The van der Waals surface area contributed by atoms with E-state index in [1.807, 2.05) is 0 Å². The third kappa shape index (κ3) is 1.57. The highest BCUT2D eigenvalue weighted by Gasteiger charge is 2.54. The number of ether oxygens (including phenoxy) is 2. The third-order valence-electron chi connectivity index (χ3n) is 2.56. The van der Waals surface area contributed by atoms with Crippen LogP contribution in [-0.4, -0.2) is 37.2 Å². The molecule has 0 radical (unpaired) electrons. The molecule has 1 aromatic heterocycles. The maximum absolute atomic E-state index is 11.9. The van der Waals surface area contributed by atoms with Crippen molar-refractivity contribution < 1.29 is 19.1 Å². The summed E-state index contributed by atoms with van der Waals surface area (Å²) < 4.78 is 9.54. The first-order valence-corrected chi connectivity index (χ1v) is 4.79. The number of nitrogens with one attached hydrogen (secondary N) is 2. The predicted octanol–water partition coefficient (Wildman–Crippen LogP) is 0.143. The van der Waals surface area contributed by atoms with Crippen LogP contribution < -0.4 is 5.32 Å². The fourth-order valence-electron chi connectivity index (χ4n) is 1.50. The number of amides is 1. The van der Waals surface area contributed by atoms with Crippen LogP contribution in [0.1, 0.15) is 0 Å². The topological polar surface area (TPSA) is 80.4 Å². The Bertz CT molecular complexity index is 395. The quantitative estimate of drug-likeness (QED) is 0.565. The molecule has 1 saturated heterocycles. The number of esters is 1. The van der Waals surface area contributed by atoms with Crippen molar-refractivity contribution in [3.8, 4) is 0 Å². The average molecular weight is 224 g/mol. The summed E-state index contributed by atoms with van der Waals surface area (Å²) >= 11 is 0. The van der Waals surface area contributed by atoms with Gasteiger partial charge in [-0.15, -0.1) is 0 Å². The summed E-state index contributed by atoms with van der Waals surface area (Å²) in [7, 11) is 1.26. The molecule has 0 atom stereocenters. The van der Waals surface area contributed by atoms with E-state index in [0.717, 1.165) is 0 Å². The van der Waals surface area contributed by atoms with Crippen molar-refractivity contribution in [2.24, 2.45) is 5.41 Å². The van der Waals surface area contributed by atoms with Crippen LogP contribution in [0, 0.1) is 5.41 Å². The van der Waals surface area contributed by atoms with Crippen molar-refractivity contribution in [3.05, 3.63) is 18.5 Å². The molecule has 16 heavy (non-hydrogen) atoms. The highest BCUT2D eigenvalue weighted by molar-refractivity contribution is 6.09. The summed E-state index contributed by atoms with van der Waals surface area (Å²) in [6.45, 7) is 0.131. The van der Waals surface area contributed by atoms with E-state index in [1.54, 1.807) is 18.5 Å². The Morgan fingerprint density at radius 3 is 2.75 bits per heavy atom. The average Bonchev–Trinajstić information content (AvgIpc) is 2.68. The number of aromatic amines is 1. The van der Waals surface area contributed by atoms with Gasteiger partial charge in [-0.25, -0.2) is 0 Å². The van der Waals surface area contributed by atoms with Crippen molar-refractivity contribution in [1.29, 1.82) is 0 Å². The van der Waals surface area contributed by atoms with Gasteiger partial charge in [0.05, 0.1) is 26.0 Å². The second kappa shape index (κ2) is 3.97. The van der Waals surface area contributed by atoms with Gasteiger partial charge in [0.1, 0.15) is 0 Å². The Labute approximate surface area is 91.9 Å². The summed E-state index contributed by atoms with van der Waals surface area (Å²) in [5, 5.41) is 2.63. The van der Waals surface area contributed by atoms with Crippen LogP contribution in [0.4, 0.5) is 5.69 Å². The molecule has 6 heteroatoms. The highest BCUT2D eigenvalue weighted by atomic mass is 16.5. The third-order valence-corrected chi connectivity index (χ3v) is 2.56. The smallest absolute Gasteiger partial charge is 0.326 e. The molecular weight excluding hydrogens is 212 g/mol. The van der Waals surface area contributed by atoms with Crippen molar-refractivity contribution in [2.75, 3.05) is 25.6 Å². The summed E-state index contributed by atoms with van der Waals surface area (Å²) in [5.74, 6) is -0.961. The van der Waals surface area contributed by atoms with Crippen LogP contribution in [0.25, 0.3) is 0 Å². The van der Waals surface area contributed by atoms with Crippen molar-refractivity contribution >= 4 is 17.6 Å². The summed E-state index contributed by atoms with van der Waals surface area (Å²) in [4.78, 5) is 26.2. The standard InChI is InChI=1S/C10H12N2O4/c1-15-9(14)10(5-16-6-10)8(13)12-7-2-3-11-4-7/h2-4,11H,5-6H2,1H3,(H,12,13). The molecule has 2 rings (SSSR count). The number of carbonyl (C=O) groups excluding carboxylic acids is 2. The molecular formula is C10H12N2O4. The predicted molar refractivity (Wildman–Crippen MR) is 54.7 cm³/mol. The Hall–Kier alpha value is -1.82. The van der Waals surface area contributed by atoms with Gasteiger partial charge in [-0.05, 0) is 6.07 Å². The van der Waals surface area contributed by atoms with Crippen LogP contribution in [0.5, 0.6) is 0 Å². The van der Waals surface area contributed by atoms with Crippen LogP contribution in [0.15, 0.2) is 18.5 Å². The van der Waals surface area contributed by atoms with Gasteiger partial charge in [0.2, 0.25) is 5.91 Å². The first kappa shape index (κ1) is 10.7. The molecule has 1 aromatic rings. The van der Waals surface area contributed by atoms with Crippen LogP contribution in [0.3, 0.4) is 0 Å². The van der Waals surface area contributed by atoms with Crippen LogP contribution in [-0.2, 0) is 19.1 Å². The Balaban J connectivity index is 2.10. The lowest BCUT2D eigenvalue weighted by atomic mass is 9.85. The Morgan fingerprint density at radius 1 is 1.56 bits per heavy atom. The Kier molecular flexibility index (Phi) is 2.66. The van der Waals surface area contributed by atoms with E-state index < -0.39 is 17.3 Å². The zero-order valence-corrected chi connectivity index (χ0v) is 8.78. The van der Waals surface area contributed by atoms with E-state index in [2.05, 4.69) is 15.0 Å². The molecule has 2 heterocycles. The molecule has 0 bridgehead atoms. The molecule has 0 unspecified atom stereocenters. The lowest BCUT2D eigenvalue weighted by Gasteiger charge is -2.36. The van der Waals surface area contributed by atoms with E-state index in [-0.39, 0.29) is 13.2 Å². The van der Waals surface area contributed by atoms with E-state index >= 15 is 0 Å². The molecule has 0 saturated carbocycles. The lowest BCUT2D eigenvalue weighted by Crippen LogP contribution is -2.57. The van der Waals surface area contributed by atoms with Crippen LogP contribution >= 0.6 is 0 Å². The van der Waals surface area contributed by atoms with Gasteiger partial charge in [0.25, 0.3) is 0 Å². The van der Waals surface area contributed by atoms with Crippen molar-refractivity contribution in [2.45, 2.75) is 0 Å². The number of H-pyrrole nitrogens is 1. The second-order valence-corrected chi connectivity index (χ2v) is 3.62. The SMILES string of the molecule is COC(=O)C1(C(=O)Nc2cc[nH]c2)COC1. The zero-order chi connectivity index (χ0) is 11.6. The van der Waals surface area contributed by atoms with E-state index in [4.69, 9.17) is 4.74 Å². The summed E-state index contributed by atoms with van der Waals surface area (Å²) in [6.07, 6.45) is 3.31. The second-order valence-electron chi connectivity index (χ2n) is 3.62. The number of aromatic nitrogens is 1. The molecule has 2 N–H and O–H groups in total. The fraction of sp³-hybridized carbons (Fsp3) is 0.400. The van der Waals surface area contributed by atoms with E-state index in [9.17, 15) is 9.59 Å². The molecule has 6 nitrogen and oxygen atoms in total. The van der Waals surface area contributed by atoms with Gasteiger partial charge in [-0.2, -0.15) is 0 Å². The van der Waals surface area contributed by atoms with Gasteiger partial charge in [-0.1, -0.05) is 0 Å². The number of anilines is 1. The monoisotopic (exact) mass is 224 g/mol.